The van der Waals surface area contributed by atoms with Gasteiger partial charge in [-0.05, 0) is 45.3 Å². The first-order valence-electron chi connectivity index (χ1n) is 7.24. The summed E-state index contributed by atoms with van der Waals surface area (Å²) in [5.41, 5.74) is 2.00. The summed E-state index contributed by atoms with van der Waals surface area (Å²) in [4.78, 5) is 14.2. The summed E-state index contributed by atoms with van der Waals surface area (Å²) in [5.74, 6) is 1.19. The lowest BCUT2D eigenvalue weighted by Crippen LogP contribution is -2.30. The molecule has 0 amide bonds. The Morgan fingerprint density at radius 1 is 1.32 bits per heavy atom. The minimum absolute atomic E-state index is 0.268. The third-order valence-electron chi connectivity index (χ3n) is 4.37. The van der Waals surface area contributed by atoms with E-state index in [9.17, 15) is 4.79 Å². The number of hydrogen-bond donors (Lipinski definition) is 0. The highest BCUT2D eigenvalue weighted by atomic mass is 16.5. The van der Waals surface area contributed by atoms with Gasteiger partial charge in [0.15, 0.2) is 5.78 Å². The van der Waals surface area contributed by atoms with Crippen molar-refractivity contribution in [1.82, 2.24) is 4.90 Å². The Labute approximate surface area is 114 Å². The van der Waals surface area contributed by atoms with Crippen LogP contribution in [-0.4, -0.2) is 36.9 Å². The lowest BCUT2D eigenvalue weighted by atomic mass is 9.90. The van der Waals surface area contributed by atoms with E-state index >= 15 is 0 Å². The van der Waals surface area contributed by atoms with Crippen molar-refractivity contribution in [3.05, 3.63) is 29.3 Å². The van der Waals surface area contributed by atoms with Crippen LogP contribution in [0.5, 0.6) is 5.75 Å². The maximum absolute atomic E-state index is 11.9. The number of hydrogen-bond acceptors (Lipinski definition) is 3. The van der Waals surface area contributed by atoms with E-state index in [4.69, 9.17) is 4.74 Å². The molecule has 3 nitrogen and oxygen atoms in total. The average Bonchev–Trinajstić information content (AvgIpc) is 2.82. The molecule has 1 heterocycles. The number of carbonyl (C=O) groups is 1. The number of fused-ring (bicyclic) bond motifs is 1. The minimum Gasteiger partial charge on any atom is -0.492 e. The van der Waals surface area contributed by atoms with Crippen LogP contribution in [0.25, 0.3) is 0 Å². The van der Waals surface area contributed by atoms with E-state index in [-0.39, 0.29) is 5.78 Å². The molecule has 19 heavy (non-hydrogen) atoms. The fourth-order valence-corrected chi connectivity index (χ4v) is 3.16. The Hall–Kier alpha value is -1.35. The lowest BCUT2D eigenvalue weighted by molar-refractivity contribution is 0.0971. The summed E-state index contributed by atoms with van der Waals surface area (Å²) < 4.78 is 6.01. The van der Waals surface area contributed by atoms with E-state index in [0.717, 1.165) is 36.3 Å². The molecule has 1 aliphatic heterocycles. The topological polar surface area (TPSA) is 29.5 Å². The van der Waals surface area contributed by atoms with Crippen molar-refractivity contribution in [3.8, 4) is 5.75 Å². The van der Waals surface area contributed by atoms with Gasteiger partial charge in [0.2, 0.25) is 0 Å². The van der Waals surface area contributed by atoms with E-state index in [2.05, 4.69) is 11.9 Å². The predicted octanol–water partition coefficient (Wildman–Crippen LogP) is 2.68. The fraction of sp³-hybridized carbons (Fsp3) is 0.562. The van der Waals surface area contributed by atoms with Gasteiger partial charge in [0.05, 0.1) is 0 Å². The lowest BCUT2D eigenvalue weighted by Gasteiger charge is -2.22. The van der Waals surface area contributed by atoms with Gasteiger partial charge in [0.1, 0.15) is 12.4 Å². The molecule has 1 atom stereocenters. The van der Waals surface area contributed by atoms with Crippen LogP contribution in [-0.2, 0) is 6.42 Å². The molecule has 3 rings (SSSR count). The normalized spacial score (nSPS) is 23.4. The van der Waals surface area contributed by atoms with Gasteiger partial charge in [0, 0.05) is 23.6 Å². The molecule has 0 radical (unpaired) electrons. The molecule has 0 spiro atoms. The number of ether oxygens (including phenoxy) is 1. The molecule has 2 aliphatic rings. The Kier molecular flexibility index (Phi) is 3.56. The van der Waals surface area contributed by atoms with Gasteiger partial charge in [-0.25, -0.2) is 0 Å². The second kappa shape index (κ2) is 5.33. The molecule has 0 aromatic heterocycles. The summed E-state index contributed by atoms with van der Waals surface area (Å²) in [6, 6.07) is 6.41. The molecule has 1 aromatic rings. The number of likely N-dealkylation sites (N-methyl/N-ethyl adjacent to an activating group) is 1. The standard InChI is InChI=1S/C16H21NO2/c1-17-10-4-5-12(17)11-19-16-9-3-6-13-14(16)7-2-8-15(13)18/h3,6,9,12H,2,4-5,7-8,10-11H2,1H3/t12-/m1/s1. The molecular weight excluding hydrogens is 238 g/mol. The van der Waals surface area contributed by atoms with Crippen molar-refractivity contribution in [3.63, 3.8) is 0 Å². The van der Waals surface area contributed by atoms with Gasteiger partial charge in [-0.1, -0.05) is 12.1 Å². The molecule has 1 saturated heterocycles. The van der Waals surface area contributed by atoms with Gasteiger partial charge >= 0.3 is 0 Å². The number of nitrogens with zero attached hydrogens (tertiary/aromatic N) is 1. The monoisotopic (exact) mass is 259 g/mol. The molecule has 0 saturated carbocycles. The smallest absolute Gasteiger partial charge is 0.163 e. The molecule has 1 aliphatic carbocycles. The number of benzene rings is 1. The summed E-state index contributed by atoms with van der Waals surface area (Å²) in [7, 11) is 2.16. The van der Waals surface area contributed by atoms with Gasteiger partial charge < -0.3 is 9.64 Å². The summed E-state index contributed by atoms with van der Waals surface area (Å²) >= 11 is 0. The second-order valence-electron chi connectivity index (χ2n) is 5.65. The zero-order valence-electron chi connectivity index (χ0n) is 11.5. The van der Waals surface area contributed by atoms with Crippen molar-refractivity contribution < 1.29 is 9.53 Å². The second-order valence-corrected chi connectivity index (χ2v) is 5.65. The highest BCUT2D eigenvalue weighted by molar-refractivity contribution is 5.99. The van der Waals surface area contributed by atoms with E-state index in [1.807, 2.05) is 18.2 Å². The summed E-state index contributed by atoms with van der Waals surface area (Å²) in [5, 5.41) is 0. The van der Waals surface area contributed by atoms with Gasteiger partial charge in [-0.15, -0.1) is 0 Å². The third kappa shape index (κ3) is 2.52. The van der Waals surface area contributed by atoms with Crippen molar-refractivity contribution in [2.45, 2.75) is 38.1 Å². The van der Waals surface area contributed by atoms with Crippen LogP contribution in [0.1, 0.15) is 41.6 Å². The number of likely N-dealkylation sites (tertiary alicyclic amines) is 1. The zero-order valence-corrected chi connectivity index (χ0v) is 11.5. The Bertz CT molecular complexity index is 484. The predicted molar refractivity (Wildman–Crippen MR) is 74.9 cm³/mol. The number of carbonyl (C=O) groups excluding carboxylic acids is 1. The Morgan fingerprint density at radius 3 is 3.00 bits per heavy atom. The van der Waals surface area contributed by atoms with Gasteiger partial charge in [-0.2, -0.15) is 0 Å². The minimum atomic E-state index is 0.268. The molecule has 102 valence electrons. The van der Waals surface area contributed by atoms with Crippen molar-refractivity contribution in [2.24, 2.45) is 0 Å². The number of ketones is 1. The van der Waals surface area contributed by atoms with E-state index in [1.165, 1.54) is 19.4 Å². The highest BCUT2D eigenvalue weighted by Crippen LogP contribution is 2.30. The van der Waals surface area contributed by atoms with E-state index < -0.39 is 0 Å². The van der Waals surface area contributed by atoms with Crippen LogP contribution in [0.2, 0.25) is 0 Å². The SMILES string of the molecule is CN1CCC[C@@H]1COc1cccc2c1CCCC2=O. The first-order chi connectivity index (χ1) is 9.25. The van der Waals surface area contributed by atoms with Crippen LogP contribution in [0.3, 0.4) is 0 Å². The fourth-order valence-electron chi connectivity index (χ4n) is 3.16. The van der Waals surface area contributed by atoms with Crippen molar-refractivity contribution >= 4 is 5.78 Å². The molecule has 0 bridgehead atoms. The van der Waals surface area contributed by atoms with Gasteiger partial charge in [0.25, 0.3) is 0 Å². The molecule has 1 fully saturated rings. The molecular formula is C16H21NO2. The largest absolute Gasteiger partial charge is 0.492 e. The van der Waals surface area contributed by atoms with E-state index in [0.29, 0.717) is 12.5 Å². The third-order valence-corrected chi connectivity index (χ3v) is 4.37. The number of Topliss-reactive ketones (excluding diaryl/α,β-unsaturated/α-hetero) is 1. The Morgan fingerprint density at radius 2 is 2.21 bits per heavy atom. The van der Waals surface area contributed by atoms with Crippen molar-refractivity contribution in [2.75, 3.05) is 20.2 Å². The van der Waals surface area contributed by atoms with Crippen molar-refractivity contribution in [1.29, 1.82) is 0 Å². The van der Waals surface area contributed by atoms with Crippen LogP contribution in [0.4, 0.5) is 0 Å². The molecule has 0 N–H and O–H groups in total. The Balaban J connectivity index is 1.74. The average molecular weight is 259 g/mol. The van der Waals surface area contributed by atoms with E-state index in [1.54, 1.807) is 0 Å². The zero-order chi connectivity index (χ0) is 13.2. The molecule has 0 unspecified atom stereocenters. The highest BCUT2D eigenvalue weighted by Gasteiger charge is 2.23. The van der Waals surface area contributed by atoms with Crippen LogP contribution >= 0.6 is 0 Å². The summed E-state index contributed by atoms with van der Waals surface area (Å²) in [6.07, 6.45) is 5.08. The number of rotatable bonds is 3. The van der Waals surface area contributed by atoms with Crippen LogP contribution in [0, 0.1) is 0 Å². The molecule has 1 aromatic carbocycles. The van der Waals surface area contributed by atoms with Gasteiger partial charge in [-0.3, -0.25) is 4.79 Å². The molecule has 3 heteroatoms. The maximum Gasteiger partial charge on any atom is 0.163 e. The quantitative estimate of drug-likeness (QED) is 0.836. The van der Waals surface area contributed by atoms with Crippen LogP contribution < -0.4 is 4.74 Å². The van der Waals surface area contributed by atoms with Crippen LogP contribution in [0.15, 0.2) is 18.2 Å². The first-order valence-corrected chi connectivity index (χ1v) is 7.24. The summed E-state index contributed by atoms with van der Waals surface area (Å²) in [6.45, 7) is 1.90. The first kappa shape index (κ1) is 12.7. The maximum atomic E-state index is 11.9.